The third-order valence-corrected chi connectivity index (χ3v) is 5.64. The topological polar surface area (TPSA) is 105 Å². The Morgan fingerprint density at radius 3 is 2.38 bits per heavy atom. The van der Waals surface area contributed by atoms with Gasteiger partial charge in [-0.2, -0.15) is 0 Å². The van der Waals surface area contributed by atoms with Gasteiger partial charge < -0.3 is 15.4 Å². The zero-order valence-corrected chi connectivity index (χ0v) is 20.0. The van der Waals surface area contributed by atoms with Crippen molar-refractivity contribution < 1.29 is 22.7 Å². The van der Waals surface area contributed by atoms with Crippen LogP contribution >= 0.6 is 0 Å². The Bertz CT molecular complexity index is 1060. The summed E-state index contributed by atoms with van der Waals surface area (Å²) in [6.07, 6.45) is 1.51. The van der Waals surface area contributed by atoms with E-state index in [0.29, 0.717) is 29.1 Å². The highest BCUT2D eigenvalue weighted by atomic mass is 32.2. The van der Waals surface area contributed by atoms with E-state index in [1.54, 1.807) is 48.5 Å². The molecule has 174 valence electrons. The number of sulfonamides is 1. The Balaban J connectivity index is 2.04. The van der Waals surface area contributed by atoms with Gasteiger partial charge in [0.2, 0.25) is 15.9 Å². The number of rotatable bonds is 9. The van der Waals surface area contributed by atoms with Crippen LogP contribution in [0.3, 0.4) is 0 Å². The Morgan fingerprint density at radius 2 is 1.75 bits per heavy atom. The quantitative estimate of drug-likeness (QED) is 0.595. The van der Waals surface area contributed by atoms with Crippen LogP contribution in [0, 0.1) is 0 Å². The predicted molar refractivity (Wildman–Crippen MR) is 127 cm³/mol. The Morgan fingerprint density at radius 1 is 1.06 bits per heavy atom. The Hall–Kier alpha value is -3.07. The van der Waals surface area contributed by atoms with Crippen molar-refractivity contribution in [3.05, 3.63) is 54.1 Å². The lowest BCUT2D eigenvalue weighted by Crippen LogP contribution is -2.40. The van der Waals surface area contributed by atoms with Crippen molar-refractivity contribution in [2.75, 3.05) is 29.5 Å². The van der Waals surface area contributed by atoms with E-state index in [9.17, 15) is 18.0 Å². The van der Waals surface area contributed by atoms with Gasteiger partial charge in [-0.05, 0) is 51.5 Å². The van der Waals surface area contributed by atoms with Gasteiger partial charge in [-0.15, -0.1) is 0 Å². The van der Waals surface area contributed by atoms with Crippen molar-refractivity contribution in [1.29, 1.82) is 0 Å². The second-order valence-corrected chi connectivity index (χ2v) is 10.3. The van der Waals surface area contributed by atoms with Gasteiger partial charge in [-0.3, -0.25) is 13.9 Å². The lowest BCUT2D eigenvalue weighted by atomic mass is 10.1. The van der Waals surface area contributed by atoms with E-state index in [-0.39, 0.29) is 24.8 Å². The number of benzene rings is 2. The Labute approximate surface area is 190 Å². The average molecular weight is 462 g/mol. The van der Waals surface area contributed by atoms with Crippen molar-refractivity contribution in [2.24, 2.45) is 0 Å². The van der Waals surface area contributed by atoms with Crippen LogP contribution in [0.1, 0.15) is 44.0 Å². The molecule has 0 aromatic heterocycles. The molecular formula is C23H31N3O5S. The number of amides is 2. The molecule has 0 atom stereocenters. The molecule has 0 spiro atoms. The zero-order chi connectivity index (χ0) is 23.9. The fourth-order valence-corrected chi connectivity index (χ4v) is 4.00. The van der Waals surface area contributed by atoms with Gasteiger partial charge >= 0.3 is 0 Å². The van der Waals surface area contributed by atoms with Crippen molar-refractivity contribution in [3.63, 3.8) is 0 Å². The third-order valence-electron chi connectivity index (χ3n) is 4.44. The number of methoxy groups -OCH3 is 1. The third kappa shape index (κ3) is 7.56. The lowest BCUT2D eigenvalue weighted by molar-refractivity contribution is -0.116. The number of anilines is 2. The molecule has 0 radical (unpaired) electrons. The molecule has 2 aromatic rings. The van der Waals surface area contributed by atoms with Crippen LogP contribution in [0.4, 0.5) is 11.4 Å². The van der Waals surface area contributed by atoms with Crippen LogP contribution in [0.5, 0.6) is 5.75 Å². The molecule has 2 rings (SSSR count). The highest BCUT2D eigenvalue weighted by molar-refractivity contribution is 7.92. The van der Waals surface area contributed by atoms with Crippen molar-refractivity contribution in [2.45, 2.75) is 39.2 Å². The normalized spacial score (nSPS) is 11.5. The molecule has 0 aliphatic heterocycles. The fraction of sp³-hybridized carbons (Fsp3) is 0.391. The van der Waals surface area contributed by atoms with Crippen LogP contribution in [-0.2, 0) is 14.8 Å². The molecule has 0 aliphatic rings. The number of para-hydroxylation sites is 1. The van der Waals surface area contributed by atoms with Crippen LogP contribution < -0.4 is 19.7 Å². The second kappa shape index (κ2) is 10.5. The smallest absolute Gasteiger partial charge is 0.253 e. The Kier molecular flexibility index (Phi) is 8.26. The molecule has 9 heteroatoms. The first-order valence-electron chi connectivity index (χ1n) is 10.2. The summed E-state index contributed by atoms with van der Waals surface area (Å²) in [5.41, 5.74) is 0.831. The van der Waals surface area contributed by atoms with Crippen molar-refractivity contribution in [3.8, 4) is 5.75 Å². The largest absolute Gasteiger partial charge is 0.497 e. The summed E-state index contributed by atoms with van der Waals surface area (Å²) in [5.74, 6) is -0.0474. The van der Waals surface area contributed by atoms with Gasteiger partial charge in [-0.25, -0.2) is 8.42 Å². The molecule has 32 heavy (non-hydrogen) atoms. The van der Waals surface area contributed by atoms with Gasteiger partial charge in [0, 0.05) is 24.6 Å². The molecular weight excluding hydrogens is 430 g/mol. The molecule has 0 unspecified atom stereocenters. The molecule has 0 heterocycles. The number of hydrogen-bond acceptors (Lipinski definition) is 5. The monoisotopic (exact) mass is 461 g/mol. The molecule has 0 bridgehead atoms. The van der Waals surface area contributed by atoms with Gasteiger partial charge in [0.1, 0.15) is 5.75 Å². The summed E-state index contributed by atoms with van der Waals surface area (Å²) >= 11 is 0. The number of nitrogens with zero attached hydrogens (tertiary/aromatic N) is 1. The summed E-state index contributed by atoms with van der Waals surface area (Å²) < 4.78 is 31.0. The van der Waals surface area contributed by atoms with E-state index in [1.807, 2.05) is 20.8 Å². The number of hydrogen-bond donors (Lipinski definition) is 2. The molecule has 0 aliphatic carbocycles. The van der Waals surface area contributed by atoms with E-state index >= 15 is 0 Å². The predicted octanol–water partition coefficient (Wildman–Crippen LogP) is 3.41. The average Bonchev–Trinajstić information content (AvgIpc) is 2.69. The lowest BCUT2D eigenvalue weighted by Gasteiger charge is -2.23. The molecule has 2 N–H and O–H groups in total. The molecule has 0 saturated heterocycles. The van der Waals surface area contributed by atoms with Gasteiger partial charge in [-0.1, -0.05) is 18.2 Å². The van der Waals surface area contributed by atoms with Crippen LogP contribution in [-0.4, -0.2) is 45.7 Å². The molecule has 0 fully saturated rings. The van der Waals surface area contributed by atoms with E-state index in [1.165, 1.54) is 11.4 Å². The number of carbonyl (C=O) groups is 2. The number of nitrogens with one attached hydrogen (secondary N) is 2. The summed E-state index contributed by atoms with van der Waals surface area (Å²) in [7, 11) is -2.03. The standard InChI is InChI=1S/C23H31N3O5S/c1-23(2,3)25-22(28)19-12-6-7-13-20(19)24-21(27)14-9-15-26(32(5,29)30)17-10-8-11-18(16-17)31-4/h6-8,10-13,16H,9,14-15H2,1-5H3,(H,24,27)(H,25,28). The van der Waals surface area contributed by atoms with Gasteiger partial charge in [0.15, 0.2) is 0 Å². The maximum atomic E-state index is 12.5. The zero-order valence-electron chi connectivity index (χ0n) is 19.1. The van der Waals surface area contributed by atoms with Crippen LogP contribution in [0.25, 0.3) is 0 Å². The van der Waals surface area contributed by atoms with Crippen LogP contribution in [0.2, 0.25) is 0 Å². The van der Waals surface area contributed by atoms with Gasteiger partial charge in [0.25, 0.3) is 5.91 Å². The molecule has 2 amide bonds. The molecule has 0 saturated carbocycles. The first-order valence-corrected chi connectivity index (χ1v) is 12.1. The van der Waals surface area contributed by atoms with E-state index < -0.39 is 15.6 Å². The van der Waals surface area contributed by atoms with Crippen LogP contribution in [0.15, 0.2) is 48.5 Å². The minimum atomic E-state index is -3.54. The summed E-state index contributed by atoms with van der Waals surface area (Å²) in [6, 6.07) is 13.5. The number of carbonyl (C=O) groups excluding carboxylic acids is 2. The minimum Gasteiger partial charge on any atom is -0.497 e. The SMILES string of the molecule is COc1cccc(N(CCCC(=O)Nc2ccccc2C(=O)NC(C)(C)C)S(C)(=O)=O)c1. The molecule has 2 aromatic carbocycles. The van der Waals surface area contributed by atoms with Crippen molar-refractivity contribution in [1.82, 2.24) is 5.32 Å². The highest BCUT2D eigenvalue weighted by Gasteiger charge is 2.20. The van der Waals surface area contributed by atoms with E-state index in [2.05, 4.69) is 10.6 Å². The summed E-state index contributed by atoms with van der Waals surface area (Å²) in [6.45, 7) is 5.76. The summed E-state index contributed by atoms with van der Waals surface area (Å²) in [4.78, 5) is 25.0. The van der Waals surface area contributed by atoms with Crippen molar-refractivity contribution >= 4 is 33.2 Å². The maximum Gasteiger partial charge on any atom is 0.253 e. The maximum absolute atomic E-state index is 12.5. The first kappa shape index (κ1) is 25.2. The fourth-order valence-electron chi connectivity index (χ4n) is 3.05. The minimum absolute atomic E-state index is 0.0885. The first-order chi connectivity index (χ1) is 14.9. The molecule has 8 nitrogen and oxygen atoms in total. The second-order valence-electron chi connectivity index (χ2n) is 8.44. The number of ether oxygens (including phenoxy) is 1. The van der Waals surface area contributed by atoms with Gasteiger partial charge in [0.05, 0.1) is 30.3 Å². The van der Waals surface area contributed by atoms with E-state index in [4.69, 9.17) is 4.74 Å². The summed E-state index contributed by atoms with van der Waals surface area (Å²) in [5, 5.41) is 5.64. The highest BCUT2D eigenvalue weighted by Crippen LogP contribution is 2.24. The van der Waals surface area contributed by atoms with E-state index in [0.717, 1.165) is 6.26 Å².